The molecule has 0 bridgehead atoms. The SMILES string of the molecule is CN1CC2=C(c3ccccc3CC2)C2(CCc3ccccc3C2=O)C1. The van der Waals surface area contributed by atoms with Gasteiger partial charge in [-0.25, -0.2) is 0 Å². The average molecular weight is 329 g/mol. The number of aryl methyl sites for hydroxylation is 2. The van der Waals surface area contributed by atoms with Gasteiger partial charge in [0.05, 0.1) is 5.41 Å². The van der Waals surface area contributed by atoms with Gasteiger partial charge in [0, 0.05) is 18.7 Å². The number of nitrogens with zero attached hydrogens (tertiary/aromatic N) is 1. The van der Waals surface area contributed by atoms with Crippen molar-refractivity contribution < 1.29 is 4.79 Å². The van der Waals surface area contributed by atoms with Gasteiger partial charge >= 0.3 is 0 Å². The number of hydrogen-bond acceptors (Lipinski definition) is 2. The molecule has 2 aromatic rings. The molecule has 0 fully saturated rings. The highest BCUT2D eigenvalue weighted by molar-refractivity contribution is 6.11. The number of Topliss-reactive ketones (excluding diaryl/α,β-unsaturated/α-hetero) is 1. The summed E-state index contributed by atoms with van der Waals surface area (Å²) < 4.78 is 0. The smallest absolute Gasteiger partial charge is 0.174 e. The van der Waals surface area contributed by atoms with Crippen molar-refractivity contribution in [2.24, 2.45) is 5.41 Å². The Kier molecular flexibility index (Phi) is 3.26. The summed E-state index contributed by atoms with van der Waals surface area (Å²) in [5, 5.41) is 0. The molecule has 0 amide bonds. The van der Waals surface area contributed by atoms with Crippen LogP contribution < -0.4 is 0 Å². The van der Waals surface area contributed by atoms with Crippen molar-refractivity contribution in [3.05, 3.63) is 76.4 Å². The molecule has 1 unspecified atom stereocenters. The van der Waals surface area contributed by atoms with E-state index in [1.54, 1.807) is 0 Å². The van der Waals surface area contributed by atoms with E-state index < -0.39 is 0 Å². The zero-order valence-electron chi connectivity index (χ0n) is 14.7. The van der Waals surface area contributed by atoms with E-state index in [0.29, 0.717) is 5.78 Å². The highest BCUT2D eigenvalue weighted by Gasteiger charge is 2.50. The largest absolute Gasteiger partial charge is 0.301 e. The van der Waals surface area contributed by atoms with Gasteiger partial charge in [0.1, 0.15) is 0 Å². The maximum Gasteiger partial charge on any atom is 0.174 e. The molecular formula is C23H23NO. The van der Waals surface area contributed by atoms with E-state index in [1.165, 1.54) is 27.8 Å². The van der Waals surface area contributed by atoms with Gasteiger partial charge in [-0.15, -0.1) is 0 Å². The fraction of sp³-hybridized carbons (Fsp3) is 0.348. The molecule has 2 heteroatoms. The molecular weight excluding hydrogens is 306 g/mol. The van der Waals surface area contributed by atoms with Crippen LogP contribution in [0.4, 0.5) is 0 Å². The highest BCUT2D eigenvalue weighted by atomic mass is 16.1. The molecule has 0 saturated heterocycles. The van der Waals surface area contributed by atoms with Crippen LogP contribution in [0.15, 0.2) is 54.1 Å². The third-order valence-corrected chi connectivity index (χ3v) is 6.33. The number of hydrogen-bond donors (Lipinski definition) is 0. The first-order valence-electron chi connectivity index (χ1n) is 9.31. The molecule has 5 rings (SSSR count). The Hall–Kier alpha value is -2.19. The summed E-state index contributed by atoms with van der Waals surface area (Å²) in [5.41, 5.74) is 7.40. The second-order valence-corrected chi connectivity index (χ2v) is 7.88. The molecule has 25 heavy (non-hydrogen) atoms. The van der Waals surface area contributed by atoms with Crippen LogP contribution in [0.3, 0.4) is 0 Å². The van der Waals surface area contributed by atoms with Crippen LogP contribution in [0.5, 0.6) is 0 Å². The molecule has 0 saturated carbocycles. The molecule has 0 aromatic heterocycles. The van der Waals surface area contributed by atoms with E-state index in [2.05, 4.69) is 48.3 Å². The van der Waals surface area contributed by atoms with Gasteiger partial charge in [-0.3, -0.25) is 4.79 Å². The molecule has 0 radical (unpaired) electrons. The number of rotatable bonds is 0. The fourth-order valence-electron chi connectivity index (χ4n) is 5.33. The minimum Gasteiger partial charge on any atom is -0.301 e. The summed E-state index contributed by atoms with van der Waals surface area (Å²) in [6.07, 6.45) is 4.12. The molecule has 2 aromatic carbocycles. The zero-order chi connectivity index (χ0) is 17.0. The molecule has 2 aliphatic carbocycles. The Morgan fingerprint density at radius 3 is 2.36 bits per heavy atom. The van der Waals surface area contributed by atoms with E-state index >= 15 is 0 Å². The lowest BCUT2D eigenvalue weighted by molar-refractivity contribution is 0.0772. The van der Waals surface area contributed by atoms with Crippen LogP contribution in [0.2, 0.25) is 0 Å². The predicted molar refractivity (Wildman–Crippen MR) is 101 cm³/mol. The van der Waals surface area contributed by atoms with E-state index in [-0.39, 0.29) is 5.41 Å². The Balaban J connectivity index is 1.74. The van der Waals surface area contributed by atoms with Gasteiger partial charge in [-0.1, -0.05) is 54.1 Å². The van der Waals surface area contributed by atoms with Crippen molar-refractivity contribution in [2.75, 3.05) is 20.1 Å². The monoisotopic (exact) mass is 329 g/mol. The lowest BCUT2D eigenvalue weighted by atomic mass is 9.60. The topological polar surface area (TPSA) is 20.3 Å². The summed E-state index contributed by atoms with van der Waals surface area (Å²) in [6.45, 7) is 1.84. The number of fused-ring (bicyclic) bond motifs is 4. The van der Waals surface area contributed by atoms with Gasteiger partial charge < -0.3 is 4.90 Å². The maximum atomic E-state index is 13.7. The highest BCUT2D eigenvalue weighted by Crippen LogP contribution is 2.52. The lowest BCUT2D eigenvalue weighted by Gasteiger charge is -2.48. The van der Waals surface area contributed by atoms with Crippen LogP contribution in [0.25, 0.3) is 5.57 Å². The van der Waals surface area contributed by atoms with Crippen LogP contribution in [-0.4, -0.2) is 30.8 Å². The minimum absolute atomic E-state index is 0.338. The molecule has 126 valence electrons. The first-order valence-corrected chi connectivity index (χ1v) is 9.31. The third kappa shape index (κ3) is 2.10. The van der Waals surface area contributed by atoms with Crippen molar-refractivity contribution in [2.45, 2.75) is 25.7 Å². The van der Waals surface area contributed by atoms with Crippen molar-refractivity contribution in [1.29, 1.82) is 0 Å². The van der Waals surface area contributed by atoms with E-state index in [1.807, 2.05) is 12.1 Å². The Morgan fingerprint density at radius 1 is 0.880 bits per heavy atom. The second-order valence-electron chi connectivity index (χ2n) is 7.88. The molecule has 2 nitrogen and oxygen atoms in total. The maximum absolute atomic E-state index is 13.7. The summed E-state index contributed by atoms with van der Waals surface area (Å²) in [7, 11) is 2.17. The van der Waals surface area contributed by atoms with Gasteiger partial charge in [0.2, 0.25) is 0 Å². The molecule has 1 spiro atoms. The summed E-state index contributed by atoms with van der Waals surface area (Å²) in [4.78, 5) is 16.1. The van der Waals surface area contributed by atoms with E-state index in [9.17, 15) is 4.79 Å². The van der Waals surface area contributed by atoms with Crippen molar-refractivity contribution >= 4 is 11.4 Å². The van der Waals surface area contributed by atoms with Gasteiger partial charge in [-0.2, -0.15) is 0 Å². The Bertz CT molecular complexity index is 910. The predicted octanol–water partition coefficient (Wildman–Crippen LogP) is 4.15. The second kappa shape index (κ2) is 5.40. The summed E-state index contributed by atoms with van der Waals surface area (Å²) in [6, 6.07) is 17.0. The number of carbonyl (C=O) groups excluding carboxylic acids is 1. The normalized spacial score (nSPS) is 25.6. The quantitative estimate of drug-likeness (QED) is 0.724. The van der Waals surface area contributed by atoms with Crippen LogP contribution in [0.1, 0.15) is 39.9 Å². The van der Waals surface area contributed by atoms with Gasteiger partial charge in [0.15, 0.2) is 5.78 Å². The zero-order valence-corrected chi connectivity index (χ0v) is 14.7. The van der Waals surface area contributed by atoms with Crippen LogP contribution in [-0.2, 0) is 12.8 Å². The van der Waals surface area contributed by atoms with Crippen LogP contribution >= 0.6 is 0 Å². The van der Waals surface area contributed by atoms with E-state index in [0.717, 1.165) is 44.3 Å². The number of ketones is 1. The molecule has 3 aliphatic rings. The first kappa shape index (κ1) is 15.1. The number of likely N-dealkylation sites (N-methyl/N-ethyl adjacent to an activating group) is 1. The first-order chi connectivity index (χ1) is 12.2. The molecule has 1 heterocycles. The molecule has 1 atom stereocenters. The van der Waals surface area contributed by atoms with E-state index in [4.69, 9.17) is 0 Å². The fourth-order valence-corrected chi connectivity index (χ4v) is 5.33. The Morgan fingerprint density at radius 2 is 1.56 bits per heavy atom. The van der Waals surface area contributed by atoms with Crippen molar-refractivity contribution in [1.82, 2.24) is 4.90 Å². The van der Waals surface area contributed by atoms with Crippen molar-refractivity contribution in [3.63, 3.8) is 0 Å². The number of benzene rings is 2. The molecule has 0 N–H and O–H groups in total. The molecule has 1 aliphatic heterocycles. The summed E-state index contributed by atoms with van der Waals surface area (Å²) >= 11 is 0. The third-order valence-electron chi connectivity index (χ3n) is 6.33. The number of carbonyl (C=O) groups is 1. The van der Waals surface area contributed by atoms with Crippen LogP contribution in [0, 0.1) is 5.41 Å². The van der Waals surface area contributed by atoms with Gasteiger partial charge in [-0.05, 0) is 55.0 Å². The van der Waals surface area contributed by atoms with Crippen molar-refractivity contribution in [3.8, 4) is 0 Å². The minimum atomic E-state index is -0.368. The Labute approximate surface area is 149 Å². The van der Waals surface area contributed by atoms with Gasteiger partial charge in [0.25, 0.3) is 0 Å². The standard InChI is InChI=1S/C23H23NO/c1-24-14-18-11-10-16-6-2-4-8-19(16)21(18)23(15-24)13-12-17-7-3-5-9-20(17)22(23)25/h2-9H,10-15H2,1H3. The average Bonchev–Trinajstić information content (AvgIpc) is 2.64. The summed E-state index contributed by atoms with van der Waals surface area (Å²) in [5.74, 6) is 0.338. The lowest BCUT2D eigenvalue weighted by Crippen LogP contribution is -2.50.